The molecule has 0 aromatic rings. The van der Waals surface area contributed by atoms with E-state index < -0.39 is 32.5 Å². The third-order valence-electron chi connectivity index (χ3n) is 9.86. The minimum absolute atomic E-state index is 0.0484. The van der Waals surface area contributed by atoms with Gasteiger partial charge in [0.05, 0.1) is 13.2 Å². The normalized spacial score (nSPS) is 13.8. The number of carbonyl (C=O) groups is 2. The van der Waals surface area contributed by atoms with Crippen LogP contribution in [0, 0.1) is 0 Å². The maximum absolute atomic E-state index is 12.6. The molecule has 0 heterocycles. The minimum Gasteiger partial charge on any atom is -0.462 e. The summed E-state index contributed by atoms with van der Waals surface area (Å²) >= 11 is 0. The van der Waals surface area contributed by atoms with Gasteiger partial charge in [-0.15, -0.1) is 0 Å². The molecule has 0 aliphatic heterocycles. The van der Waals surface area contributed by atoms with E-state index in [0.29, 0.717) is 12.8 Å². The summed E-state index contributed by atoms with van der Waals surface area (Å²) in [6, 6.07) is 0. The number of hydrogen-bond acceptors (Lipinski definition) is 8. The highest BCUT2D eigenvalue weighted by Gasteiger charge is 2.26. The van der Waals surface area contributed by atoms with Crippen molar-refractivity contribution in [2.45, 2.75) is 213 Å². The van der Waals surface area contributed by atoms with Crippen LogP contribution in [-0.2, 0) is 32.7 Å². The monoisotopic (exact) mass is 850 g/mol. The summed E-state index contributed by atoms with van der Waals surface area (Å²) < 4.78 is 32.8. The van der Waals surface area contributed by atoms with Crippen LogP contribution in [0.2, 0.25) is 0 Å². The molecule has 0 bridgehead atoms. The Hall–Kier alpha value is -2.29. The number of carbonyl (C=O) groups excluding carboxylic acids is 2. The molecule has 0 saturated carbocycles. The van der Waals surface area contributed by atoms with Crippen molar-refractivity contribution in [3.8, 4) is 0 Å². The van der Waals surface area contributed by atoms with Gasteiger partial charge in [-0.1, -0.05) is 177 Å². The van der Waals surface area contributed by atoms with Gasteiger partial charge in [0, 0.05) is 19.4 Å². The molecule has 59 heavy (non-hydrogen) atoms. The topological polar surface area (TPSA) is 134 Å². The van der Waals surface area contributed by atoms with Crippen molar-refractivity contribution in [1.29, 1.82) is 0 Å². The summed E-state index contributed by atoms with van der Waals surface area (Å²) in [6.07, 6.45) is 54.0. The third kappa shape index (κ3) is 45.1. The minimum atomic E-state index is -4.38. The Morgan fingerprint density at radius 3 is 1.37 bits per heavy atom. The van der Waals surface area contributed by atoms with Crippen molar-refractivity contribution in [3.63, 3.8) is 0 Å². The Morgan fingerprint density at radius 1 is 0.508 bits per heavy atom. The van der Waals surface area contributed by atoms with Crippen LogP contribution in [0.25, 0.3) is 0 Å². The highest BCUT2D eigenvalue weighted by molar-refractivity contribution is 7.47. The highest BCUT2D eigenvalue weighted by atomic mass is 31.2. The van der Waals surface area contributed by atoms with E-state index in [0.717, 1.165) is 83.5 Å². The molecule has 2 atom stereocenters. The van der Waals surface area contributed by atoms with Crippen molar-refractivity contribution >= 4 is 19.8 Å². The molecule has 0 rings (SSSR count). The lowest BCUT2D eigenvalue weighted by atomic mass is 10.0. The van der Waals surface area contributed by atoms with Gasteiger partial charge >= 0.3 is 19.8 Å². The van der Waals surface area contributed by atoms with Crippen molar-refractivity contribution in [2.75, 3.05) is 26.4 Å². The van der Waals surface area contributed by atoms with Gasteiger partial charge in [0.2, 0.25) is 0 Å². The number of nitrogens with two attached hydrogens (primary N) is 1. The molecule has 0 aliphatic carbocycles. The SMILES string of the molecule is CCC/C=C\C/C=C\CCCCCCCC(=O)OCC(COP(=O)(O)OCCN)OC(=O)CCCCCCCCCCCC/C=C\C/C=C\C/C=C\CCCCCCC. The molecule has 10 heteroatoms. The van der Waals surface area contributed by atoms with Gasteiger partial charge in [-0.3, -0.25) is 18.6 Å². The summed E-state index contributed by atoms with van der Waals surface area (Å²) in [5, 5.41) is 0. The molecule has 2 unspecified atom stereocenters. The Morgan fingerprint density at radius 2 is 0.915 bits per heavy atom. The first-order valence-electron chi connectivity index (χ1n) is 23.8. The zero-order valence-corrected chi connectivity index (χ0v) is 38.6. The fraction of sp³-hybridized carbons (Fsp3) is 0.755. The first kappa shape index (κ1) is 56.7. The second-order valence-corrected chi connectivity index (χ2v) is 17.1. The van der Waals surface area contributed by atoms with Gasteiger partial charge in [-0.2, -0.15) is 0 Å². The highest BCUT2D eigenvalue weighted by Crippen LogP contribution is 2.43. The number of unbranched alkanes of at least 4 members (excludes halogenated alkanes) is 21. The standard InChI is InChI=1S/C49H88NO8P/c1-3-5-7-9-11-13-15-17-18-19-20-21-22-23-24-25-26-27-28-30-32-34-36-38-40-42-49(52)58-47(46-57-59(53,54)56-44-43-50)45-55-48(51)41-39-37-35-33-31-29-16-14-12-10-8-6-4-2/h8,10,14-17,19-20,22-23,47H,3-7,9,11-13,18,21,24-46,50H2,1-2H3,(H,53,54)/b10-8-,16-14-,17-15-,20-19-,23-22-. The van der Waals surface area contributed by atoms with E-state index in [9.17, 15) is 19.0 Å². The molecule has 342 valence electrons. The van der Waals surface area contributed by atoms with Gasteiger partial charge in [0.1, 0.15) is 6.61 Å². The fourth-order valence-electron chi connectivity index (χ4n) is 6.33. The molecule has 0 fully saturated rings. The number of allylic oxidation sites excluding steroid dienone is 10. The lowest BCUT2D eigenvalue weighted by Gasteiger charge is -2.19. The molecule has 0 saturated heterocycles. The first-order chi connectivity index (χ1) is 28.8. The number of hydrogen-bond donors (Lipinski definition) is 2. The van der Waals surface area contributed by atoms with E-state index >= 15 is 0 Å². The van der Waals surface area contributed by atoms with Gasteiger partial charge in [-0.25, -0.2) is 4.57 Å². The average Bonchev–Trinajstić information content (AvgIpc) is 3.22. The molecule has 0 radical (unpaired) electrons. The maximum Gasteiger partial charge on any atom is 0.472 e. The number of ether oxygens (including phenoxy) is 2. The van der Waals surface area contributed by atoms with Crippen LogP contribution < -0.4 is 5.73 Å². The van der Waals surface area contributed by atoms with Crippen molar-refractivity contribution in [1.82, 2.24) is 0 Å². The molecular weight excluding hydrogens is 762 g/mol. The number of phosphoric acid groups is 1. The van der Waals surface area contributed by atoms with Crippen molar-refractivity contribution in [3.05, 3.63) is 60.8 Å². The molecule has 3 N–H and O–H groups in total. The Bertz CT molecular complexity index is 1150. The predicted octanol–water partition coefficient (Wildman–Crippen LogP) is 14.1. The van der Waals surface area contributed by atoms with Crippen LogP contribution in [0.4, 0.5) is 0 Å². The van der Waals surface area contributed by atoms with E-state index in [1.165, 1.54) is 83.5 Å². The molecule has 0 aromatic heterocycles. The third-order valence-corrected chi connectivity index (χ3v) is 10.8. The second-order valence-electron chi connectivity index (χ2n) is 15.6. The lowest BCUT2D eigenvalue weighted by Crippen LogP contribution is -2.29. The van der Waals surface area contributed by atoms with E-state index in [-0.39, 0.29) is 32.6 Å². The number of esters is 2. The van der Waals surface area contributed by atoms with Gasteiger partial charge in [-0.05, 0) is 77.0 Å². The Kier molecular flexibility index (Phi) is 43.5. The largest absolute Gasteiger partial charge is 0.472 e. The molecule has 0 amide bonds. The first-order valence-corrected chi connectivity index (χ1v) is 25.3. The summed E-state index contributed by atoms with van der Waals surface area (Å²) in [5.41, 5.74) is 5.35. The van der Waals surface area contributed by atoms with Crippen LogP contribution in [-0.4, -0.2) is 49.3 Å². The number of rotatable bonds is 44. The molecular formula is C49H88NO8P. The molecule has 0 spiro atoms. The summed E-state index contributed by atoms with van der Waals surface area (Å²) in [7, 11) is -4.38. The van der Waals surface area contributed by atoms with Crippen LogP contribution in [0.5, 0.6) is 0 Å². The van der Waals surface area contributed by atoms with Gasteiger partial charge in [0.25, 0.3) is 0 Å². The summed E-state index contributed by atoms with van der Waals surface area (Å²) in [6.45, 7) is 3.64. The van der Waals surface area contributed by atoms with E-state index in [1.54, 1.807) is 0 Å². The second kappa shape index (κ2) is 45.2. The maximum atomic E-state index is 12.6. The van der Waals surface area contributed by atoms with Crippen molar-refractivity contribution in [2.24, 2.45) is 5.73 Å². The smallest absolute Gasteiger partial charge is 0.462 e. The van der Waals surface area contributed by atoms with Crippen LogP contribution >= 0.6 is 7.82 Å². The van der Waals surface area contributed by atoms with Gasteiger partial charge < -0.3 is 20.1 Å². The van der Waals surface area contributed by atoms with Crippen LogP contribution in [0.3, 0.4) is 0 Å². The zero-order valence-electron chi connectivity index (χ0n) is 37.7. The van der Waals surface area contributed by atoms with E-state index in [2.05, 4.69) is 74.6 Å². The predicted molar refractivity (Wildman–Crippen MR) is 247 cm³/mol. The van der Waals surface area contributed by atoms with Crippen LogP contribution in [0.1, 0.15) is 206 Å². The number of phosphoric ester groups is 1. The molecule has 9 nitrogen and oxygen atoms in total. The van der Waals surface area contributed by atoms with Crippen molar-refractivity contribution < 1.29 is 37.6 Å². The average molecular weight is 850 g/mol. The Labute approximate surface area is 361 Å². The van der Waals surface area contributed by atoms with Gasteiger partial charge in [0.15, 0.2) is 6.10 Å². The quantitative estimate of drug-likeness (QED) is 0.0266. The Balaban J connectivity index is 4.07. The molecule has 0 aromatic carbocycles. The lowest BCUT2D eigenvalue weighted by molar-refractivity contribution is -0.161. The van der Waals surface area contributed by atoms with E-state index in [4.69, 9.17) is 24.3 Å². The summed E-state index contributed by atoms with van der Waals surface area (Å²) in [5.74, 6) is -0.851. The fourth-order valence-corrected chi connectivity index (χ4v) is 7.09. The zero-order chi connectivity index (χ0) is 43.2. The van der Waals surface area contributed by atoms with E-state index in [1.807, 2.05) is 0 Å². The molecule has 0 aliphatic rings. The van der Waals surface area contributed by atoms with Crippen LogP contribution in [0.15, 0.2) is 60.8 Å². The summed E-state index contributed by atoms with van der Waals surface area (Å²) in [4.78, 5) is 34.9.